The smallest absolute Gasteiger partial charge is 0.115 e. The Morgan fingerprint density at radius 3 is 2.20 bits per heavy atom. The average Bonchev–Trinajstić information content (AvgIpc) is 2.27. The summed E-state index contributed by atoms with van der Waals surface area (Å²) in [7, 11) is 0. The molecule has 2 heteroatoms. The van der Waals surface area contributed by atoms with Gasteiger partial charge in [0.25, 0.3) is 0 Å². The van der Waals surface area contributed by atoms with Gasteiger partial charge in [-0.15, -0.1) is 0 Å². The van der Waals surface area contributed by atoms with Gasteiger partial charge in [0.05, 0.1) is 0 Å². The number of phenols is 1. The molecule has 0 heterocycles. The van der Waals surface area contributed by atoms with Crippen LogP contribution < -0.4 is 5.32 Å². The van der Waals surface area contributed by atoms with Crippen LogP contribution in [-0.2, 0) is 0 Å². The van der Waals surface area contributed by atoms with Gasteiger partial charge in [-0.25, -0.2) is 0 Å². The molecule has 84 valence electrons. The lowest BCUT2D eigenvalue weighted by molar-refractivity contribution is 0.436. The van der Waals surface area contributed by atoms with Gasteiger partial charge >= 0.3 is 0 Å². The fourth-order valence-electron chi connectivity index (χ4n) is 1.62. The topological polar surface area (TPSA) is 32.3 Å². The molecule has 2 N–H and O–H groups in total. The standard InChI is InChI=1S/C13H21NO/c1-4-10(3)14-13(5-2)11-6-8-12(15)9-7-11/h6-10,13-15H,4-5H2,1-3H3. The van der Waals surface area contributed by atoms with Gasteiger partial charge in [-0.2, -0.15) is 0 Å². The Morgan fingerprint density at radius 2 is 1.73 bits per heavy atom. The van der Waals surface area contributed by atoms with Gasteiger partial charge < -0.3 is 10.4 Å². The molecule has 1 aromatic rings. The minimum absolute atomic E-state index is 0.331. The largest absolute Gasteiger partial charge is 0.508 e. The van der Waals surface area contributed by atoms with Crippen LogP contribution >= 0.6 is 0 Å². The summed E-state index contributed by atoms with van der Waals surface area (Å²) in [5.74, 6) is 0.331. The molecule has 2 atom stereocenters. The van der Waals surface area contributed by atoms with Crippen molar-refractivity contribution >= 4 is 0 Å². The first-order valence-corrected chi connectivity index (χ1v) is 5.72. The van der Waals surface area contributed by atoms with E-state index >= 15 is 0 Å². The first kappa shape index (κ1) is 12.1. The van der Waals surface area contributed by atoms with Crippen molar-refractivity contribution in [3.63, 3.8) is 0 Å². The summed E-state index contributed by atoms with van der Waals surface area (Å²) >= 11 is 0. The van der Waals surface area contributed by atoms with Crippen molar-refractivity contribution in [2.75, 3.05) is 0 Å². The van der Waals surface area contributed by atoms with Gasteiger partial charge in [-0.05, 0) is 37.5 Å². The molecule has 2 nitrogen and oxygen atoms in total. The van der Waals surface area contributed by atoms with E-state index in [2.05, 4.69) is 26.1 Å². The first-order chi connectivity index (χ1) is 7.17. The average molecular weight is 207 g/mol. The number of hydrogen-bond acceptors (Lipinski definition) is 2. The molecule has 0 fully saturated rings. The van der Waals surface area contributed by atoms with Gasteiger partial charge in [-0.1, -0.05) is 26.0 Å². The second-order valence-corrected chi connectivity index (χ2v) is 4.03. The minimum atomic E-state index is 0.331. The molecule has 0 aromatic heterocycles. The third-order valence-electron chi connectivity index (χ3n) is 2.80. The monoisotopic (exact) mass is 207 g/mol. The van der Waals surface area contributed by atoms with Crippen molar-refractivity contribution in [2.24, 2.45) is 0 Å². The Morgan fingerprint density at radius 1 is 1.13 bits per heavy atom. The van der Waals surface area contributed by atoms with Crippen molar-refractivity contribution in [3.8, 4) is 5.75 Å². The summed E-state index contributed by atoms with van der Waals surface area (Å²) in [6, 6.07) is 8.38. The van der Waals surface area contributed by atoms with Crippen LogP contribution in [0.4, 0.5) is 0 Å². The molecule has 1 aromatic carbocycles. The van der Waals surface area contributed by atoms with Gasteiger partial charge in [0.15, 0.2) is 0 Å². The summed E-state index contributed by atoms with van der Waals surface area (Å²) in [5, 5.41) is 12.8. The van der Waals surface area contributed by atoms with Crippen LogP contribution in [0.5, 0.6) is 5.75 Å². The normalized spacial score (nSPS) is 14.9. The quantitative estimate of drug-likeness (QED) is 0.777. The summed E-state index contributed by atoms with van der Waals surface area (Å²) in [4.78, 5) is 0. The van der Waals surface area contributed by atoms with Gasteiger partial charge in [0.2, 0.25) is 0 Å². The summed E-state index contributed by atoms with van der Waals surface area (Å²) < 4.78 is 0. The van der Waals surface area contributed by atoms with Crippen molar-refractivity contribution in [1.82, 2.24) is 5.32 Å². The molecule has 0 spiro atoms. The van der Waals surface area contributed by atoms with Crippen molar-refractivity contribution in [1.29, 1.82) is 0 Å². The number of aromatic hydroxyl groups is 1. The lowest BCUT2D eigenvalue weighted by atomic mass is 10.0. The maximum absolute atomic E-state index is 9.22. The van der Waals surface area contributed by atoms with Gasteiger partial charge in [0.1, 0.15) is 5.75 Å². The lowest BCUT2D eigenvalue weighted by Gasteiger charge is -2.21. The number of nitrogens with one attached hydrogen (secondary N) is 1. The van der Waals surface area contributed by atoms with E-state index in [1.165, 1.54) is 5.56 Å². The molecule has 0 saturated heterocycles. The second-order valence-electron chi connectivity index (χ2n) is 4.03. The fourth-order valence-corrected chi connectivity index (χ4v) is 1.62. The van der Waals surface area contributed by atoms with Crippen LogP contribution in [0.2, 0.25) is 0 Å². The van der Waals surface area contributed by atoms with E-state index in [0.717, 1.165) is 12.8 Å². The molecule has 0 saturated carbocycles. The Kier molecular flexibility index (Phi) is 4.63. The Hall–Kier alpha value is -1.02. The van der Waals surface area contributed by atoms with Gasteiger partial charge in [0, 0.05) is 12.1 Å². The van der Waals surface area contributed by atoms with Crippen molar-refractivity contribution in [3.05, 3.63) is 29.8 Å². The maximum Gasteiger partial charge on any atom is 0.115 e. The zero-order valence-electron chi connectivity index (χ0n) is 9.83. The van der Waals surface area contributed by atoms with E-state index in [1.54, 1.807) is 12.1 Å². The highest BCUT2D eigenvalue weighted by Crippen LogP contribution is 2.20. The predicted octanol–water partition coefficient (Wildman–Crippen LogP) is 3.23. The number of hydrogen-bond donors (Lipinski definition) is 2. The molecule has 1 rings (SSSR count). The molecule has 0 aliphatic rings. The SMILES string of the molecule is CCC(C)NC(CC)c1ccc(O)cc1. The van der Waals surface area contributed by atoms with E-state index in [9.17, 15) is 5.11 Å². The molecule has 0 amide bonds. The Labute approximate surface area is 92.3 Å². The fraction of sp³-hybridized carbons (Fsp3) is 0.538. The first-order valence-electron chi connectivity index (χ1n) is 5.72. The molecule has 0 aliphatic heterocycles. The van der Waals surface area contributed by atoms with E-state index in [4.69, 9.17) is 0 Å². The third-order valence-corrected chi connectivity index (χ3v) is 2.80. The van der Waals surface area contributed by atoms with E-state index in [-0.39, 0.29) is 0 Å². The molecule has 2 unspecified atom stereocenters. The summed E-state index contributed by atoms with van der Waals surface area (Å²) in [6.07, 6.45) is 2.20. The Balaban J connectivity index is 2.69. The number of rotatable bonds is 5. The molecule has 15 heavy (non-hydrogen) atoms. The Bertz CT molecular complexity index is 281. The minimum Gasteiger partial charge on any atom is -0.508 e. The second kappa shape index (κ2) is 5.76. The van der Waals surface area contributed by atoms with Crippen LogP contribution in [0.25, 0.3) is 0 Å². The van der Waals surface area contributed by atoms with Crippen LogP contribution in [0.3, 0.4) is 0 Å². The highest BCUT2D eigenvalue weighted by Gasteiger charge is 2.10. The van der Waals surface area contributed by atoms with Crippen LogP contribution in [0, 0.1) is 0 Å². The summed E-state index contributed by atoms with van der Waals surface area (Å²) in [5.41, 5.74) is 1.25. The van der Waals surface area contributed by atoms with Gasteiger partial charge in [-0.3, -0.25) is 0 Å². The zero-order chi connectivity index (χ0) is 11.3. The van der Waals surface area contributed by atoms with E-state index < -0.39 is 0 Å². The lowest BCUT2D eigenvalue weighted by Crippen LogP contribution is -2.29. The van der Waals surface area contributed by atoms with Crippen LogP contribution in [-0.4, -0.2) is 11.1 Å². The highest BCUT2D eigenvalue weighted by atomic mass is 16.3. The van der Waals surface area contributed by atoms with Crippen molar-refractivity contribution in [2.45, 2.75) is 45.7 Å². The van der Waals surface area contributed by atoms with Crippen LogP contribution in [0.1, 0.15) is 45.2 Å². The third kappa shape index (κ3) is 3.56. The van der Waals surface area contributed by atoms with E-state index in [0.29, 0.717) is 17.8 Å². The molecule has 0 bridgehead atoms. The zero-order valence-corrected chi connectivity index (χ0v) is 9.83. The van der Waals surface area contributed by atoms with Crippen molar-refractivity contribution < 1.29 is 5.11 Å². The molecular weight excluding hydrogens is 186 g/mol. The van der Waals surface area contributed by atoms with E-state index in [1.807, 2.05) is 12.1 Å². The summed E-state index contributed by atoms with van der Waals surface area (Å²) in [6.45, 7) is 6.55. The molecule has 0 radical (unpaired) electrons. The predicted molar refractivity (Wildman–Crippen MR) is 64.0 cm³/mol. The molecular formula is C13H21NO. The highest BCUT2D eigenvalue weighted by molar-refractivity contribution is 5.28. The van der Waals surface area contributed by atoms with Crippen LogP contribution in [0.15, 0.2) is 24.3 Å². The number of phenolic OH excluding ortho intramolecular Hbond substituents is 1. The maximum atomic E-state index is 9.22. The number of benzene rings is 1. The molecule has 0 aliphatic carbocycles.